The highest BCUT2D eigenvalue weighted by atomic mass is 79.9. The summed E-state index contributed by atoms with van der Waals surface area (Å²) in [5.41, 5.74) is 1.08. The van der Waals surface area contributed by atoms with Crippen LogP contribution in [0.25, 0.3) is 0 Å². The first-order valence-electron chi connectivity index (χ1n) is 5.97. The number of ether oxygens (including phenoxy) is 1. The number of aliphatic hydroxyl groups excluding tert-OH is 1. The molecule has 2 nitrogen and oxygen atoms in total. The molecule has 0 aliphatic rings. The Balaban J connectivity index is 2.30. The fraction of sp³-hybridized carbons (Fsp3) is 0.200. The van der Waals surface area contributed by atoms with Crippen molar-refractivity contribution in [2.24, 2.45) is 0 Å². The summed E-state index contributed by atoms with van der Waals surface area (Å²) in [4.78, 5) is 0. The lowest BCUT2D eigenvalue weighted by atomic mass is 10.0. The zero-order valence-corrected chi connectivity index (χ0v) is 13.9. The van der Waals surface area contributed by atoms with Crippen molar-refractivity contribution in [3.8, 4) is 5.75 Å². The third-order valence-electron chi connectivity index (χ3n) is 3.00. The number of benzene rings is 2. The highest BCUT2D eigenvalue weighted by molar-refractivity contribution is 9.10. The number of methoxy groups -OCH3 is 1. The van der Waals surface area contributed by atoms with Gasteiger partial charge in [0.1, 0.15) is 11.6 Å². The first-order chi connectivity index (χ1) is 9.52. The van der Waals surface area contributed by atoms with Gasteiger partial charge in [-0.2, -0.15) is 0 Å². The molecular formula is C15H13Br2FO2. The van der Waals surface area contributed by atoms with Gasteiger partial charge in [-0.1, -0.05) is 28.1 Å². The Labute approximate surface area is 133 Å². The molecule has 1 atom stereocenters. The highest BCUT2D eigenvalue weighted by Crippen LogP contribution is 2.30. The van der Waals surface area contributed by atoms with E-state index in [2.05, 4.69) is 31.9 Å². The van der Waals surface area contributed by atoms with Gasteiger partial charge in [0.15, 0.2) is 0 Å². The summed E-state index contributed by atoms with van der Waals surface area (Å²) in [6.07, 6.45) is -0.661. The molecule has 0 fully saturated rings. The average Bonchev–Trinajstić information content (AvgIpc) is 2.42. The molecule has 2 rings (SSSR count). The summed E-state index contributed by atoms with van der Waals surface area (Å²) in [7, 11) is 1.57. The van der Waals surface area contributed by atoms with Gasteiger partial charge in [-0.05, 0) is 45.8 Å². The van der Waals surface area contributed by atoms with Crippen LogP contribution >= 0.6 is 31.9 Å². The van der Waals surface area contributed by atoms with E-state index in [1.165, 1.54) is 0 Å². The molecule has 0 heterocycles. The molecule has 0 spiro atoms. The zero-order chi connectivity index (χ0) is 14.7. The van der Waals surface area contributed by atoms with Gasteiger partial charge in [0, 0.05) is 16.5 Å². The minimum atomic E-state index is -0.935. The molecule has 5 heteroatoms. The molecule has 0 bridgehead atoms. The first kappa shape index (κ1) is 15.5. The van der Waals surface area contributed by atoms with Crippen LogP contribution in [-0.4, -0.2) is 12.2 Å². The molecule has 2 aromatic carbocycles. The van der Waals surface area contributed by atoms with Crippen molar-refractivity contribution in [3.05, 3.63) is 62.3 Å². The lowest BCUT2D eigenvalue weighted by Gasteiger charge is -2.15. The van der Waals surface area contributed by atoms with Crippen LogP contribution in [0.3, 0.4) is 0 Å². The molecule has 0 saturated heterocycles. The summed E-state index contributed by atoms with van der Waals surface area (Å²) < 4.78 is 20.5. The van der Waals surface area contributed by atoms with Crippen LogP contribution < -0.4 is 4.74 Å². The van der Waals surface area contributed by atoms with Gasteiger partial charge in [0.25, 0.3) is 0 Å². The second-order valence-electron chi connectivity index (χ2n) is 4.32. The minimum Gasteiger partial charge on any atom is -0.496 e. The molecule has 2 aromatic rings. The number of rotatable bonds is 4. The second-order valence-corrected chi connectivity index (χ2v) is 6.09. The molecule has 1 N–H and O–H groups in total. The van der Waals surface area contributed by atoms with Crippen molar-refractivity contribution >= 4 is 31.9 Å². The van der Waals surface area contributed by atoms with Gasteiger partial charge in [0.05, 0.1) is 17.7 Å². The lowest BCUT2D eigenvalue weighted by molar-refractivity contribution is 0.172. The standard InChI is InChI=1S/C15H13Br2FO2/c1-20-14-6-5-10(16)7-9(14)8-13(19)11-3-2-4-12(17)15(11)18/h2-7,13,19H,8H2,1H3. The molecule has 0 aliphatic carbocycles. The third kappa shape index (κ3) is 3.40. The summed E-state index contributed by atoms with van der Waals surface area (Å²) in [5, 5.41) is 10.3. The maximum absolute atomic E-state index is 14.0. The summed E-state index contributed by atoms with van der Waals surface area (Å²) >= 11 is 6.50. The summed E-state index contributed by atoms with van der Waals surface area (Å²) in [5.74, 6) is 0.233. The predicted molar refractivity (Wildman–Crippen MR) is 83.5 cm³/mol. The number of aliphatic hydroxyl groups is 1. The molecule has 106 valence electrons. The summed E-state index contributed by atoms with van der Waals surface area (Å²) in [6.45, 7) is 0. The van der Waals surface area contributed by atoms with Crippen molar-refractivity contribution in [2.75, 3.05) is 7.11 Å². The Morgan fingerprint density at radius 2 is 2.00 bits per heavy atom. The molecule has 1 unspecified atom stereocenters. The molecule has 0 amide bonds. The average molecular weight is 404 g/mol. The molecule has 0 aromatic heterocycles. The van der Waals surface area contributed by atoms with Crippen LogP contribution in [0.1, 0.15) is 17.2 Å². The zero-order valence-electron chi connectivity index (χ0n) is 10.7. The quantitative estimate of drug-likeness (QED) is 0.805. The largest absolute Gasteiger partial charge is 0.496 e. The van der Waals surface area contributed by atoms with E-state index < -0.39 is 11.9 Å². The van der Waals surface area contributed by atoms with Gasteiger partial charge in [-0.3, -0.25) is 0 Å². The fourth-order valence-corrected chi connectivity index (χ4v) is 2.79. The Kier molecular flexibility index (Phi) is 5.18. The molecule has 0 saturated carbocycles. The number of hydrogen-bond donors (Lipinski definition) is 1. The number of hydrogen-bond acceptors (Lipinski definition) is 2. The number of halogens is 3. The van der Waals surface area contributed by atoms with Crippen molar-refractivity contribution in [1.82, 2.24) is 0 Å². The van der Waals surface area contributed by atoms with Gasteiger partial charge < -0.3 is 9.84 Å². The Hall–Kier alpha value is -0.910. The highest BCUT2D eigenvalue weighted by Gasteiger charge is 2.17. The van der Waals surface area contributed by atoms with Gasteiger partial charge in [-0.25, -0.2) is 4.39 Å². The molecule has 0 aliphatic heterocycles. The fourth-order valence-electron chi connectivity index (χ4n) is 2.00. The van der Waals surface area contributed by atoms with E-state index in [4.69, 9.17) is 4.74 Å². The van der Waals surface area contributed by atoms with E-state index in [1.54, 1.807) is 25.3 Å². The molecule has 0 radical (unpaired) electrons. The van der Waals surface area contributed by atoms with Gasteiger partial charge in [-0.15, -0.1) is 0 Å². The maximum atomic E-state index is 14.0. The topological polar surface area (TPSA) is 29.5 Å². The van der Waals surface area contributed by atoms with E-state index in [0.29, 0.717) is 10.2 Å². The van der Waals surface area contributed by atoms with E-state index in [9.17, 15) is 9.50 Å². The SMILES string of the molecule is COc1ccc(Br)cc1CC(O)c1cccc(Br)c1F. The third-order valence-corrected chi connectivity index (χ3v) is 4.10. The van der Waals surface area contributed by atoms with Crippen molar-refractivity contribution in [3.63, 3.8) is 0 Å². The molecular weight excluding hydrogens is 391 g/mol. The summed E-state index contributed by atoms with van der Waals surface area (Å²) in [6, 6.07) is 10.4. The van der Waals surface area contributed by atoms with Crippen LogP contribution in [0.5, 0.6) is 5.75 Å². The van der Waals surface area contributed by atoms with E-state index in [0.717, 1.165) is 10.0 Å². The normalized spacial score (nSPS) is 12.2. The Bertz CT molecular complexity index is 617. The van der Waals surface area contributed by atoms with Gasteiger partial charge >= 0.3 is 0 Å². The first-order valence-corrected chi connectivity index (χ1v) is 7.56. The lowest BCUT2D eigenvalue weighted by Crippen LogP contribution is -2.06. The van der Waals surface area contributed by atoms with Gasteiger partial charge in [0.2, 0.25) is 0 Å². The monoisotopic (exact) mass is 402 g/mol. The predicted octanol–water partition coefficient (Wildman–Crippen LogP) is 4.64. The van der Waals surface area contributed by atoms with Crippen LogP contribution in [0.15, 0.2) is 45.3 Å². The van der Waals surface area contributed by atoms with E-state index >= 15 is 0 Å². The van der Waals surface area contributed by atoms with E-state index in [-0.39, 0.29) is 12.0 Å². The smallest absolute Gasteiger partial charge is 0.143 e. The Morgan fingerprint density at radius 3 is 2.70 bits per heavy atom. The second kappa shape index (κ2) is 6.70. The van der Waals surface area contributed by atoms with Crippen LogP contribution in [-0.2, 0) is 6.42 Å². The van der Waals surface area contributed by atoms with E-state index in [1.807, 2.05) is 18.2 Å². The van der Waals surface area contributed by atoms with Crippen molar-refractivity contribution < 1.29 is 14.2 Å². The molecule has 20 heavy (non-hydrogen) atoms. The van der Waals surface area contributed by atoms with Crippen LogP contribution in [0, 0.1) is 5.82 Å². The maximum Gasteiger partial charge on any atom is 0.143 e. The van der Waals surface area contributed by atoms with Crippen molar-refractivity contribution in [1.29, 1.82) is 0 Å². The minimum absolute atomic E-state index is 0.265. The van der Waals surface area contributed by atoms with Crippen molar-refractivity contribution in [2.45, 2.75) is 12.5 Å². The van der Waals surface area contributed by atoms with Crippen LogP contribution in [0.4, 0.5) is 4.39 Å². The Morgan fingerprint density at radius 1 is 1.25 bits per heavy atom. The van der Waals surface area contributed by atoms with Crippen LogP contribution in [0.2, 0.25) is 0 Å².